The third kappa shape index (κ3) is 3.20. The van der Waals surface area contributed by atoms with E-state index in [2.05, 4.69) is 4.98 Å². The largest absolute Gasteiger partial charge is 0.486 e. The molecule has 0 unspecified atom stereocenters. The summed E-state index contributed by atoms with van der Waals surface area (Å²) in [5.41, 5.74) is 0.379. The molecule has 0 saturated heterocycles. The van der Waals surface area contributed by atoms with E-state index in [0.29, 0.717) is 5.56 Å². The Balaban J connectivity index is 2.17. The fourth-order valence-corrected chi connectivity index (χ4v) is 1.68. The number of benzene rings is 1. The fourth-order valence-electron chi connectivity index (χ4n) is 1.46. The van der Waals surface area contributed by atoms with E-state index >= 15 is 0 Å². The molecule has 1 aromatic heterocycles. The van der Waals surface area contributed by atoms with Crippen molar-refractivity contribution in [3.63, 3.8) is 0 Å². The minimum Gasteiger partial charge on any atom is -0.486 e. The number of ether oxygens (including phenoxy) is 1. The highest BCUT2D eigenvalue weighted by Crippen LogP contribution is 2.21. The van der Waals surface area contributed by atoms with E-state index in [4.69, 9.17) is 21.4 Å². The topological polar surface area (TPSA) is 59.4 Å². The molecule has 98 valence electrons. The Morgan fingerprint density at radius 3 is 2.89 bits per heavy atom. The van der Waals surface area contributed by atoms with E-state index in [-0.39, 0.29) is 23.1 Å². The molecular weight excluding hydrogens is 273 g/mol. The molecule has 0 aliphatic carbocycles. The molecule has 0 radical (unpaired) electrons. The lowest BCUT2D eigenvalue weighted by Gasteiger charge is -2.09. The molecule has 4 nitrogen and oxygen atoms in total. The minimum atomic E-state index is -1.18. The summed E-state index contributed by atoms with van der Waals surface area (Å²) in [4.78, 5) is 14.6. The molecule has 0 amide bonds. The van der Waals surface area contributed by atoms with Gasteiger partial charge in [0.2, 0.25) is 0 Å². The number of nitrogens with zero attached hydrogens (tertiary/aromatic N) is 1. The number of carboxylic acids is 1. The Bertz CT molecular complexity index is 619. The lowest BCUT2D eigenvalue weighted by atomic mass is 10.2. The maximum absolute atomic E-state index is 12.9. The molecule has 0 aliphatic heterocycles. The number of halogens is 2. The highest BCUT2D eigenvalue weighted by molar-refractivity contribution is 6.31. The zero-order chi connectivity index (χ0) is 13.8. The van der Waals surface area contributed by atoms with Crippen molar-refractivity contribution in [3.05, 3.63) is 58.6 Å². The first kappa shape index (κ1) is 13.3. The van der Waals surface area contributed by atoms with Crippen LogP contribution in [0.5, 0.6) is 5.75 Å². The molecule has 6 heteroatoms. The smallest absolute Gasteiger partial charge is 0.358 e. The van der Waals surface area contributed by atoms with E-state index in [9.17, 15) is 9.18 Å². The molecule has 2 rings (SSSR count). The second kappa shape index (κ2) is 5.67. The normalized spacial score (nSPS) is 10.2. The number of carboxylic acid groups (broad SMARTS) is 1. The van der Waals surface area contributed by atoms with Gasteiger partial charge < -0.3 is 9.84 Å². The number of hydrogen-bond acceptors (Lipinski definition) is 3. The summed E-state index contributed by atoms with van der Waals surface area (Å²) >= 11 is 5.85. The molecule has 1 aromatic carbocycles. The maximum atomic E-state index is 12.9. The van der Waals surface area contributed by atoms with Crippen molar-refractivity contribution in [1.29, 1.82) is 0 Å². The first-order valence-corrected chi connectivity index (χ1v) is 5.71. The van der Waals surface area contributed by atoms with Crippen LogP contribution in [-0.2, 0) is 6.61 Å². The zero-order valence-electron chi connectivity index (χ0n) is 9.64. The Kier molecular flexibility index (Phi) is 3.97. The van der Waals surface area contributed by atoms with Crippen LogP contribution < -0.4 is 4.74 Å². The van der Waals surface area contributed by atoms with E-state index in [1.807, 2.05) is 0 Å². The molecule has 1 N–H and O–H groups in total. The first-order chi connectivity index (χ1) is 9.08. The van der Waals surface area contributed by atoms with Gasteiger partial charge in [-0.2, -0.15) is 0 Å². The van der Waals surface area contributed by atoms with Gasteiger partial charge in [0.25, 0.3) is 0 Å². The van der Waals surface area contributed by atoms with Crippen molar-refractivity contribution in [2.45, 2.75) is 6.61 Å². The summed E-state index contributed by atoms with van der Waals surface area (Å²) in [6.07, 6.45) is 1.36. The third-order valence-corrected chi connectivity index (χ3v) is 2.72. The SMILES string of the molecule is O=C(O)c1ncccc1OCc1ccc(F)cc1Cl. The van der Waals surface area contributed by atoms with Crippen LogP contribution in [0.4, 0.5) is 4.39 Å². The summed E-state index contributed by atoms with van der Waals surface area (Å²) in [7, 11) is 0. The standard InChI is InChI=1S/C13H9ClFNO3/c14-10-6-9(15)4-3-8(10)7-19-11-2-1-5-16-12(11)13(17)18/h1-6H,7H2,(H,17,18). The van der Waals surface area contributed by atoms with Crippen LogP contribution in [0, 0.1) is 5.82 Å². The lowest BCUT2D eigenvalue weighted by molar-refractivity contribution is 0.0685. The van der Waals surface area contributed by atoms with Crippen molar-refractivity contribution in [3.8, 4) is 5.75 Å². The van der Waals surface area contributed by atoms with Crippen LogP contribution in [0.1, 0.15) is 16.1 Å². The molecule has 0 fully saturated rings. The number of carbonyl (C=O) groups is 1. The van der Waals surface area contributed by atoms with Crippen molar-refractivity contribution >= 4 is 17.6 Å². The van der Waals surface area contributed by atoms with Gasteiger partial charge in [-0.15, -0.1) is 0 Å². The van der Waals surface area contributed by atoms with Crippen LogP contribution in [0.2, 0.25) is 5.02 Å². The second-order valence-corrected chi connectivity index (χ2v) is 4.09. The quantitative estimate of drug-likeness (QED) is 0.935. The molecule has 0 aliphatic rings. The van der Waals surface area contributed by atoms with Gasteiger partial charge in [-0.05, 0) is 24.3 Å². The predicted molar refractivity (Wildman–Crippen MR) is 66.9 cm³/mol. The minimum absolute atomic E-state index is 0.0328. The van der Waals surface area contributed by atoms with Crippen molar-refractivity contribution in [2.24, 2.45) is 0 Å². The van der Waals surface area contributed by atoms with Crippen LogP contribution >= 0.6 is 11.6 Å². The predicted octanol–water partition coefficient (Wildman–Crippen LogP) is 3.15. The highest BCUT2D eigenvalue weighted by Gasteiger charge is 2.12. The molecule has 0 atom stereocenters. The van der Waals surface area contributed by atoms with E-state index < -0.39 is 11.8 Å². The number of rotatable bonds is 4. The second-order valence-electron chi connectivity index (χ2n) is 3.68. The van der Waals surface area contributed by atoms with Crippen molar-refractivity contribution in [2.75, 3.05) is 0 Å². The Morgan fingerprint density at radius 1 is 1.42 bits per heavy atom. The van der Waals surface area contributed by atoms with E-state index in [0.717, 1.165) is 0 Å². The van der Waals surface area contributed by atoms with Crippen LogP contribution in [0.3, 0.4) is 0 Å². The summed E-state index contributed by atoms with van der Waals surface area (Å²) in [6, 6.07) is 6.96. The van der Waals surface area contributed by atoms with Crippen molar-refractivity contribution in [1.82, 2.24) is 4.98 Å². The number of aromatic carboxylic acids is 1. The molecule has 0 bridgehead atoms. The number of pyridine rings is 1. The number of hydrogen-bond donors (Lipinski definition) is 1. The Hall–Kier alpha value is -2.14. The summed E-state index contributed by atoms with van der Waals surface area (Å²) in [5, 5.41) is 9.16. The summed E-state index contributed by atoms with van der Waals surface area (Å²) in [5.74, 6) is -1.49. The van der Waals surface area contributed by atoms with Gasteiger partial charge >= 0.3 is 5.97 Å². The van der Waals surface area contributed by atoms with E-state index in [1.165, 1.54) is 30.5 Å². The molecule has 19 heavy (non-hydrogen) atoms. The highest BCUT2D eigenvalue weighted by atomic mass is 35.5. The Labute approximate surface area is 113 Å². The summed E-state index contributed by atoms with van der Waals surface area (Å²) in [6.45, 7) is 0.0328. The zero-order valence-corrected chi connectivity index (χ0v) is 10.4. The molecular formula is C13H9ClFNO3. The van der Waals surface area contributed by atoms with Gasteiger partial charge in [-0.3, -0.25) is 0 Å². The van der Waals surface area contributed by atoms with Gasteiger partial charge in [0, 0.05) is 11.8 Å². The molecule has 2 aromatic rings. The molecule has 1 heterocycles. The molecule has 0 saturated carbocycles. The van der Waals surface area contributed by atoms with Crippen LogP contribution in [-0.4, -0.2) is 16.1 Å². The molecule has 0 spiro atoms. The fraction of sp³-hybridized carbons (Fsp3) is 0.0769. The Morgan fingerprint density at radius 2 is 2.21 bits per heavy atom. The van der Waals surface area contributed by atoms with Gasteiger partial charge in [0.05, 0.1) is 5.02 Å². The summed E-state index contributed by atoms with van der Waals surface area (Å²) < 4.78 is 18.2. The van der Waals surface area contributed by atoms with E-state index in [1.54, 1.807) is 6.07 Å². The average Bonchev–Trinajstić information content (AvgIpc) is 2.38. The first-order valence-electron chi connectivity index (χ1n) is 5.33. The number of aromatic nitrogens is 1. The monoisotopic (exact) mass is 281 g/mol. The van der Waals surface area contributed by atoms with Gasteiger partial charge in [0.15, 0.2) is 11.4 Å². The average molecular weight is 282 g/mol. The van der Waals surface area contributed by atoms with Gasteiger partial charge in [0.1, 0.15) is 12.4 Å². The van der Waals surface area contributed by atoms with Gasteiger partial charge in [-0.1, -0.05) is 17.7 Å². The third-order valence-electron chi connectivity index (χ3n) is 2.37. The lowest BCUT2D eigenvalue weighted by Crippen LogP contribution is -2.05. The maximum Gasteiger partial charge on any atom is 0.358 e. The van der Waals surface area contributed by atoms with Crippen molar-refractivity contribution < 1.29 is 19.0 Å². The van der Waals surface area contributed by atoms with Gasteiger partial charge in [-0.25, -0.2) is 14.2 Å². The van der Waals surface area contributed by atoms with Crippen LogP contribution in [0.15, 0.2) is 36.5 Å². The van der Waals surface area contributed by atoms with Crippen LogP contribution in [0.25, 0.3) is 0 Å².